The first kappa shape index (κ1) is 17.7. The van der Waals surface area contributed by atoms with Gasteiger partial charge in [-0.3, -0.25) is 9.59 Å². The molecule has 1 aliphatic heterocycles. The Hall–Kier alpha value is -2.12. The van der Waals surface area contributed by atoms with E-state index in [0.717, 1.165) is 25.2 Å². The zero-order valence-corrected chi connectivity index (χ0v) is 15.5. The summed E-state index contributed by atoms with van der Waals surface area (Å²) in [4.78, 5) is 25.4. The van der Waals surface area contributed by atoms with Gasteiger partial charge in [0.05, 0.1) is 6.54 Å². The fourth-order valence-electron chi connectivity index (χ4n) is 2.83. The molecule has 1 unspecified atom stereocenters. The molecule has 1 aromatic carbocycles. The van der Waals surface area contributed by atoms with Crippen molar-refractivity contribution in [2.75, 3.05) is 29.9 Å². The van der Waals surface area contributed by atoms with E-state index < -0.39 is 0 Å². The van der Waals surface area contributed by atoms with Crippen LogP contribution in [0.2, 0.25) is 0 Å². The highest BCUT2D eigenvalue weighted by atomic mass is 79.9. The number of Topliss-reactive ketones (excluding diaryl/α,β-unsaturated/α-hetero) is 1. The molecule has 3 rings (SSSR count). The maximum atomic E-state index is 12.1. The van der Waals surface area contributed by atoms with Gasteiger partial charge < -0.3 is 20.0 Å². The number of benzene rings is 1. The highest BCUT2D eigenvalue weighted by molar-refractivity contribution is 9.10. The fraction of sp³-hybridized carbons (Fsp3) is 0.333. The zero-order valence-electron chi connectivity index (χ0n) is 13.9. The summed E-state index contributed by atoms with van der Waals surface area (Å²) in [6.07, 6.45) is 1.01. The summed E-state index contributed by atoms with van der Waals surface area (Å²) in [6, 6.07) is 11.4. The molecular formula is C18H20BrN3O3. The number of hydrogen-bond donors (Lipinski definition) is 2. The lowest BCUT2D eigenvalue weighted by atomic mass is 10.2. The molecule has 25 heavy (non-hydrogen) atoms. The van der Waals surface area contributed by atoms with Crippen molar-refractivity contribution in [3.05, 3.63) is 46.8 Å². The summed E-state index contributed by atoms with van der Waals surface area (Å²) in [7, 11) is 0. The standard InChI is InChI=1S/C18H20BrN3O3/c1-12(23)10-20-14-8-9-22(11-14)15-4-2-13(3-5-15)21-18(24)16-6-7-17(19)25-16/h2-7,14,20H,8-11H2,1H3,(H,21,24). The molecule has 2 aromatic rings. The Balaban J connectivity index is 1.55. The molecule has 1 fully saturated rings. The summed E-state index contributed by atoms with van der Waals surface area (Å²) in [5.41, 5.74) is 1.82. The molecule has 1 saturated heterocycles. The van der Waals surface area contributed by atoms with Crippen molar-refractivity contribution in [3.8, 4) is 0 Å². The topological polar surface area (TPSA) is 74.6 Å². The summed E-state index contributed by atoms with van der Waals surface area (Å²) in [5.74, 6) is 0.130. The van der Waals surface area contributed by atoms with Gasteiger partial charge >= 0.3 is 0 Å². The van der Waals surface area contributed by atoms with Crippen molar-refractivity contribution in [3.63, 3.8) is 0 Å². The molecule has 0 spiro atoms. The molecular weight excluding hydrogens is 386 g/mol. The molecule has 0 radical (unpaired) electrons. The van der Waals surface area contributed by atoms with E-state index in [0.29, 0.717) is 22.9 Å². The van der Waals surface area contributed by atoms with Gasteiger partial charge in [-0.2, -0.15) is 0 Å². The van der Waals surface area contributed by atoms with Gasteiger partial charge in [-0.25, -0.2) is 0 Å². The number of ketones is 1. The number of furan rings is 1. The van der Waals surface area contributed by atoms with E-state index in [1.807, 2.05) is 24.3 Å². The van der Waals surface area contributed by atoms with Crippen LogP contribution in [-0.4, -0.2) is 37.4 Å². The minimum atomic E-state index is -0.284. The first-order valence-electron chi connectivity index (χ1n) is 8.16. The lowest BCUT2D eigenvalue weighted by molar-refractivity contribution is -0.116. The number of nitrogens with zero attached hydrogens (tertiary/aromatic N) is 1. The van der Waals surface area contributed by atoms with Gasteiger partial charge in [-0.15, -0.1) is 0 Å². The molecule has 0 aliphatic carbocycles. The number of halogens is 1. The second-order valence-electron chi connectivity index (χ2n) is 6.12. The Bertz CT molecular complexity index is 757. The molecule has 0 saturated carbocycles. The monoisotopic (exact) mass is 405 g/mol. The molecule has 2 N–H and O–H groups in total. The van der Waals surface area contributed by atoms with Crippen LogP contribution in [0.15, 0.2) is 45.5 Å². The van der Waals surface area contributed by atoms with Crippen LogP contribution >= 0.6 is 15.9 Å². The Morgan fingerprint density at radius 3 is 2.64 bits per heavy atom. The van der Waals surface area contributed by atoms with E-state index in [4.69, 9.17) is 4.42 Å². The SMILES string of the molecule is CC(=O)CNC1CCN(c2ccc(NC(=O)c3ccc(Br)o3)cc2)C1. The van der Waals surface area contributed by atoms with Crippen LogP contribution in [0.3, 0.4) is 0 Å². The fourth-order valence-corrected chi connectivity index (χ4v) is 3.14. The maximum Gasteiger partial charge on any atom is 0.291 e. The normalized spacial score (nSPS) is 16.9. The van der Waals surface area contributed by atoms with E-state index >= 15 is 0 Å². The molecule has 1 aliphatic rings. The smallest absolute Gasteiger partial charge is 0.291 e. The Morgan fingerprint density at radius 1 is 1.24 bits per heavy atom. The van der Waals surface area contributed by atoms with Crippen LogP contribution in [0, 0.1) is 0 Å². The molecule has 1 atom stereocenters. The molecule has 1 amide bonds. The van der Waals surface area contributed by atoms with Crippen LogP contribution in [-0.2, 0) is 4.79 Å². The maximum absolute atomic E-state index is 12.1. The van der Waals surface area contributed by atoms with Crippen molar-refractivity contribution in [2.45, 2.75) is 19.4 Å². The van der Waals surface area contributed by atoms with Gasteiger partial charge in [0.1, 0.15) is 5.78 Å². The summed E-state index contributed by atoms with van der Waals surface area (Å²) >= 11 is 3.18. The number of rotatable bonds is 6. The third kappa shape index (κ3) is 4.70. The van der Waals surface area contributed by atoms with E-state index in [1.54, 1.807) is 19.1 Å². The summed E-state index contributed by atoms with van der Waals surface area (Å²) in [5, 5.41) is 6.08. The van der Waals surface area contributed by atoms with Crippen molar-refractivity contribution < 1.29 is 14.0 Å². The van der Waals surface area contributed by atoms with Crippen LogP contribution in [0.4, 0.5) is 11.4 Å². The number of carbonyl (C=O) groups is 2. The Kier molecular flexibility index (Phi) is 5.55. The predicted octanol–water partition coefficient (Wildman–Crippen LogP) is 3.05. The summed E-state index contributed by atoms with van der Waals surface area (Å²) in [6.45, 7) is 3.83. The van der Waals surface area contributed by atoms with Gasteiger partial charge in [0.2, 0.25) is 0 Å². The zero-order chi connectivity index (χ0) is 17.8. The van der Waals surface area contributed by atoms with Gasteiger partial charge in [0.15, 0.2) is 10.4 Å². The van der Waals surface area contributed by atoms with Crippen LogP contribution in [0.5, 0.6) is 0 Å². The molecule has 6 nitrogen and oxygen atoms in total. The minimum Gasteiger partial charge on any atom is -0.444 e. The number of carbonyl (C=O) groups excluding carboxylic acids is 2. The van der Waals surface area contributed by atoms with Gasteiger partial charge in [-0.05, 0) is 65.7 Å². The quantitative estimate of drug-likeness (QED) is 0.772. The molecule has 7 heteroatoms. The predicted molar refractivity (Wildman–Crippen MR) is 100 cm³/mol. The Morgan fingerprint density at radius 2 is 2.00 bits per heavy atom. The van der Waals surface area contributed by atoms with Crippen molar-refractivity contribution >= 4 is 39.0 Å². The van der Waals surface area contributed by atoms with E-state index in [-0.39, 0.29) is 17.5 Å². The highest BCUT2D eigenvalue weighted by Gasteiger charge is 2.22. The van der Waals surface area contributed by atoms with Gasteiger partial charge in [0.25, 0.3) is 5.91 Å². The van der Waals surface area contributed by atoms with E-state index in [9.17, 15) is 9.59 Å². The van der Waals surface area contributed by atoms with Crippen molar-refractivity contribution in [1.29, 1.82) is 0 Å². The first-order valence-corrected chi connectivity index (χ1v) is 8.95. The number of anilines is 2. The average molecular weight is 406 g/mol. The molecule has 132 valence electrons. The largest absolute Gasteiger partial charge is 0.444 e. The van der Waals surface area contributed by atoms with Gasteiger partial charge in [-0.1, -0.05) is 0 Å². The number of hydrogen-bond acceptors (Lipinski definition) is 5. The van der Waals surface area contributed by atoms with Gasteiger partial charge in [0, 0.05) is 30.5 Å². The highest BCUT2D eigenvalue weighted by Crippen LogP contribution is 2.23. The first-order chi connectivity index (χ1) is 12.0. The van der Waals surface area contributed by atoms with Crippen LogP contribution in [0.25, 0.3) is 0 Å². The second-order valence-corrected chi connectivity index (χ2v) is 6.90. The van der Waals surface area contributed by atoms with Crippen LogP contribution < -0.4 is 15.5 Å². The van der Waals surface area contributed by atoms with Crippen molar-refractivity contribution in [1.82, 2.24) is 5.32 Å². The van der Waals surface area contributed by atoms with E-state index in [2.05, 4.69) is 31.5 Å². The second kappa shape index (κ2) is 7.84. The lowest BCUT2D eigenvalue weighted by Gasteiger charge is -2.19. The van der Waals surface area contributed by atoms with Crippen LogP contribution in [0.1, 0.15) is 23.9 Å². The minimum absolute atomic E-state index is 0.155. The van der Waals surface area contributed by atoms with E-state index in [1.165, 1.54) is 0 Å². The third-order valence-electron chi connectivity index (χ3n) is 4.12. The molecule has 0 bridgehead atoms. The van der Waals surface area contributed by atoms with Crippen molar-refractivity contribution in [2.24, 2.45) is 0 Å². The molecule has 1 aromatic heterocycles. The molecule has 2 heterocycles. The lowest BCUT2D eigenvalue weighted by Crippen LogP contribution is -2.35. The summed E-state index contributed by atoms with van der Waals surface area (Å²) < 4.78 is 5.76. The number of amides is 1. The Labute approximate surface area is 154 Å². The average Bonchev–Trinajstić information content (AvgIpc) is 3.23. The third-order valence-corrected chi connectivity index (χ3v) is 4.54. The number of nitrogens with one attached hydrogen (secondary N) is 2.